The van der Waals surface area contributed by atoms with Crippen molar-refractivity contribution in [3.05, 3.63) is 112 Å². The maximum Gasteiger partial charge on any atom is 0.338 e. The SMILES string of the molecule is COc1ccc(OC)c(C2C(C(=O)OCc3ccccc3)=C(C)N=C3SC=C(CC(=O)NCCc4ccccn4)N32)c1. The molecule has 1 atom stereocenters. The van der Waals surface area contributed by atoms with Crippen molar-refractivity contribution in [2.45, 2.75) is 32.4 Å². The molecule has 0 saturated carbocycles. The number of aliphatic imine (C=N–C) groups is 1. The van der Waals surface area contributed by atoms with Crippen LogP contribution in [-0.4, -0.2) is 47.7 Å². The van der Waals surface area contributed by atoms with Crippen LogP contribution in [-0.2, 0) is 27.4 Å². The van der Waals surface area contributed by atoms with Crippen LogP contribution in [0.1, 0.15) is 36.2 Å². The van der Waals surface area contributed by atoms with Crippen LogP contribution >= 0.6 is 11.8 Å². The van der Waals surface area contributed by atoms with Gasteiger partial charge in [-0.2, -0.15) is 0 Å². The largest absolute Gasteiger partial charge is 0.497 e. The Kier molecular flexibility index (Phi) is 9.23. The van der Waals surface area contributed by atoms with Crippen LogP contribution in [0.5, 0.6) is 11.5 Å². The number of fused-ring (bicyclic) bond motifs is 1. The van der Waals surface area contributed by atoms with E-state index in [-0.39, 0.29) is 18.9 Å². The number of hydrogen-bond donors (Lipinski definition) is 1. The zero-order valence-corrected chi connectivity index (χ0v) is 24.5. The highest BCUT2D eigenvalue weighted by molar-refractivity contribution is 8.16. The average molecular weight is 585 g/mol. The van der Waals surface area contributed by atoms with Crippen LogP contribution in [0, 0.1) is 0 Å². The van der Waals surface area contributed by atoms with Gasteiger partial charge in [0.05, 0.1) is 38.0 Å². The van der Waals surface area contributed by atoms with Crippen molar-refractivity contribution >= 4 is 28.8 Å². The summed E-state index contributed by atoms with van der Waals surface area (Å²) in [5, 5.41) is 5.56. The van der Waals surface area contributed by atoms with E-state index in [1.807, 2.05) is 64.9 Å². The van der Waals surface area contributed by atoms with Crippen LogP contribution in [0.2, 0.25) is 0 Å². The normalized spacial score (nSPS) is 15.9. The summed E-state index contributed by atoms with van der Waals surface area (Å²) in [6, 6.07) is 20.0. The van der Waals surface area contributed by atoms with E-state index in [1.165, 1.54) is 11.8 Å². The Balaban J connectivity index is 1.43. The van der Waals surface area contributed by atoms with Crippen molar-refractivity contribution in [2.24, 2.45) is 4.99 Å². The smallest absolute Gasteiger partial charge is 0.338 e. The summed E-state index contributed by atoms with van der Waals surface area (Å²) in [4.78, 5) is 37.8. The lowest BCUT2D eigenvalue weighted by Crippen LogP contribution is -2.38. The Bertz CT molecular complexity index is 1540. The molecule has 0 radical (unpaired) electrons. The van der Waals surface area contributed by atoms with Crippen molar-refractivity contribution < 1.29 is 23.8 Å². The third kappa shape index (κ3) is 6.49. The van der Waals surface area contributed by atoms with E-state index < -0.39 is 12.0 Å². The van der Waals surface area contributed by atoms with Gasteiger partial charge in [-0.25, -0.2) is 9.79 Å². The third-order valence-corrected chi connectivity index (χ3v) is 7.82. The minimum Gasteiger partial charge on any atom is -0.497 e. The number of carbonyl (C=O) groups excluding carboxylic acids is 2. The van der Waals surface area contributed by atoms with E-state index in [0.717, 1.165) is 11.3 Å². The maximum absolute atomic E-state index is 13.8. The minimum absolute atomic E-state index is 0.0996. The monoisotopic (exact) mass is 584 g/mol. The van der Waals surface area contributed by atoms with Gasteiger partial charge in [-0.1, -0.05) is 48.2 Å². The maximum atomic E-state index is 13.8. The van der Waals surface area contributed by atoms with Crippen LogP contribution in [0.25, 0.3) is 0 Å². The second-order valence-electron chi connectivity index (χ2n) is 9.66. The minimum atomic E-state index is -0.659. The predicted octanol–water partition coefficient (Wildman–Crippen LogP) is 5.17. The number of thioether (sulfide) groups is 1. The van der Waals surface area contributed by atoms with Gasteiger partial charge >= 0.3 is 5.97 Å². The number of methoxy groups -OCH3 is 2. The Morgan fingerprint density at radius 2 is 1.83 bits per heavy atom. The molecular formula is C32H32N4O5S. The lowest BCUT2D eigenvalue weighted by molar-refractivity contribution is -0.141. The lowest BCUT2D eigenvalue weighted by Gasteiger charge is -2.37. The second kappa shape index (κ2) is 13.4. The highest BCUT2D eigenvalue weighted by atomic mass is 32.2. The van der Waals surface area contributed by atoms with E-state index >= 15 is 0 Å². The molecule has 3 heterocycles. The number of pyridine rings is 1. The van der Waals surface area contributed by atoms with Crippen molar-refractivity contribution in [1.82, 2.24) is 15.2 Å². The fourth-order valence-electron chi connectivity index (χ4n) is 4.88. The molecule has 1 aromatic heterocycles. The first-order valence-corrected chi connectivity index (χ1v) is 14.4. The zero-order chi connectivity index (χ0) is 29.5. The van der Waals surface area contributed by atoms with Gasteiger partial charge in [0.2, 0.25) is 5.91 Å². The molecule has 2 aromatic carbocycles. The number of hydrogen-bond acceptors (Lipinski definition) is 9. The second-order valence-corrected chi connectivity index (χ2v) is 10.5. The van der Waals surface area contributed by atoms with E-state index in [4.69, 9.17) is 19.2 Å². The molecule has 216 valence electrons. The first kappa shape index (κ1) is 28.9. The fourth-order valence-corrected chi connectivity index (χ4v) is 5.85. The molecule has 1 unspecified atom stereocenters. The molecule has 2 aliphatic rings. The van der Waals surface area contributed by atoms with Crippen LogP contribution in [0.15, 0.2) is 100 Å². The first-order valence-electron chi connectivity index (χ1n) is 13.5. The number of allylic oxidation sites excluding steroid dienone is 1. The summed E-state index contributed by atoms with van der Waals surface area (Å²) in [6.45, 7) is 2.37. The van der Waals surface area contributed by atoms with Gasteiger partial charge in [0.15, 0.2) is 5.17 Å². The molecule has 9 nitrogen and oxygen atoms in total. The number of ether oxygens (including phenoxy) is 3. The lowest BCUT2D eigenvalue weighted by atomic mass is 9.92. The molecule has 0 aliphatic carbocycles. The van der Waals surface area contributed by atoms with E-state index in [9.17, 15) is 9.59 Å². The Labute approximate surface area is 249 Å². The fraction of sp³-hybridized carbons (Fsp3) is 0.250. The summed E-state index contributed by atoms with van der Waals surface area (Å²) in [5.41, 5.74) is 4.09. The topological polar surface area (TPSA) is 102 Å². The number of aromatic nitrogens is 1. The average Bonchev–Trinajstić information content (AvgIpc) is 3.41. The third-order valence-electron chi connectivity index (χ3n) is 6.94. The number of rotatable bonds is 11. The molecule has 0 saturated heterocycles. The number of benzene rings is 2. The molecule has 42 heavy (non-hydrogen) atoms. The van der Waals surface area contributed by atoms with Gasteiger partial charge in [0, 0.05) is 36.1 Å². The van der Waals surface area contributed by atoms with E-state index in [1.54, 1.807) is 39.5 Å². The van der Waals surface area contributed by atoms with Crippen LogP contribution < -0.4 is 14.8 Å². The summed E-state index contributed by atoms with van der Waals surface area (Å²) >= 11 is 1.41. The summed E-state index contributed by atoms with van der Waals surface area (Å²) < 4.78 is 17.1. The van der Waals surface area contributed by atoms with Crippen molar-refractivity contribution in [3.63, 3.8) is 0 Å². The number of amides is 1. The summed E-state index contributed by atoms with van der Waals surface area (Å²) in [6.07, 6.45) is 2.46. The molecule has 0 bridgehead atoms. The van der Waals surface area contributed by atoms with Gasteiger partial charge in [-0.3, -0.25) is 9.78 Å². The molecule has 0 fully saturated rings. The standard InChI is InChI=1S/C32H32N4O5S/c1-21-29(31(38)41-19-22-9-5-4-6-10-22)30(26-18-25(39-2)12-13-27(26)40-3)36-24(20-42-32(36)35-21)17-28(37)34-16-14-23-11-7-8-15-33-23/h4-13,15,18,20,30H,14,16-17,19H2,1-3H3,(H,34,37). The quantitative estimate of drug-likeness (QED) is 0.308. The molecule has 2 aliphatic heterocycles. The van der Waals surface area contributed by atoms with Crippen LogP contribution in [0.3, 0.4) is 0 Å². The number of amidine groups is 1. The number of esters is 1. The molecule has 0 spiro atoms. The Morgan fingerprint density at radius 1 is 1.02 bits per heavy atom. The molecule has 1 N–H and O–H groups in total. The van der Waals surface area contributed by atoms with Crippen LogP contribution in [0.4, 0.5) is 0 Å². The highest BCUT2D eigenvalue weighted by Gasteiger charge is 2.42. The van der Waals surface area contributed by atoms with Gasteiger partial charge < -0.3 is 24.4 Å². The number of nitrogens with zero attached hydrogens (tertiary/aromatic N) is 3. The molecule has 1 amide bonds. The highest BCUT2D eigenvalue weighted by Crippen LogP contribution is 2.47. The first-order chi connectivity index (χ1) is 20.5. The van der Waals surface area contributed by atoms with E-state index in [2.05, 4.69) is 10.3 Å². The van der Waals surface area contributed by atoms with Gasteiger partial charge in [-0.05, 0) is 48.2 Å². The molecule has 3 aromatic rings. The van der Waals surface area contributed by atoms with Gasteiger partial charge in [0.1, 0.15) is 18.1 Å². The Hall–Kier alpha value is -4.57. The van der Waals surface area contributed by atoms with Gasteiger partial charge in [0.25, 0.3) is 0 Å². The van der Waals surface area contributed by atoms with Crippen molar-refractivity contribution in [3.8, 4) is 11.5 Å². The predicted molar refractivity (Wildman–Crippen MR) is 162 cm³/mol. The van der Waals surface area contributed by atoms with E-state index in [0.29, 0.717) is 52.2 Å². The summed E-state index contributed by atoms with van der Waals surface area (Å²) in [5.74, 6) is 0.536. The molecule has 10 heteroatoms. The van der Waals surface area contributed by atoms with Crippen molar-refractivity contribution in [1.29, 1.82) is 0 Å². The number of carbonyl (C=O) groups is 2. The Morgan fingerprint density at radius 3 is 2.57 bits per heavy atom. The molecular weight excluding hydrogens is 552 g/mol. The number of nitrogens with one attached hydrogen (secondary N) is 1. The summed E-state index contributed by atoms with van der Waals surface area (Å²) in [7, 11) is 3.17. The molecule has 5 rings (SSSR count). The van der Waals surface area contributed by atoms with Gasteiger partial charge in [-0.15, -0.1) is 0 Å². The van der Waals surface area contributed by atoms with Crippen molar-refractivity contribution in [2.75, 3.05) is 20.8 Å². The zero-order valence-electron chi connectivity index (χ0n) is 23.7.